The summed E-state index contributed by atoms with van der Waals surface area (Å²) in [5.74, 6) is 1.25. The van der Waals surface area contributed by atoms with Crippen LogP contribution in [0.5, 0.6) is 0 Å². The van der Waals surface area contributed by atoms with Crippen LogP contribution in [0.3, 0.4) is 0 Å². The van der Waals surface area contributed by atoms with Crippen LogP contribution >= 0.6 is 27.3 Å². The van der Waals surface area contributed by atoms with Crippen molar-refractivity contribution in [3.05, 3.63) is 21.8 Å². The molecule has 0 amide bonds. The molecule has 0 aliphatic rings. The first-order chi connectivity index (χ1) is 8.19. The van der Waals surface area contributed by atoms with Crippen molar-refractivity contribution < 1.29 is 4.52 Å². The molecule has 92 valence electrons. The Morgan fingerprint density at radius 2 is 2.35 bits per heavy atom. The van der Waals surface area contributed by atoms with Gasteiger partial charge in [-0.15, -0.1) is 11.3 Å². The monoisotopic (exact) mass is 315 g/mol. The average Bonchev–Trinajstić information content (AvgIpc) is 2.87. The first-order valence-corrected chi connectivity index (χ1v) is 7.14. The topological polar surface area (TPSA) is 64.9 Å². The van der Waals surface area contributed by atoms with Crippen LogP contribution in [0.4, 0.5) is 0 Å². The van der Waals surface area contributed by atoms with Gasteiger partial charge in [0.2, 0.25) is 11.7 Å². The second-order valence-electron chi connectivity index (χ2n) is 3.87. The van der Waals surface area contributed by atoms with E-state index in [1.54, 1.807) is 11.3 Å². The highest BCUT2D eigenvalue weighted by molar-refractivity contribution is 9.11. The number of thiophene rings is 1. The summed E-state index contributed by atoms with van der Waals surface area (Å²) in [6, 6.07) is 4.04. The van der Waals surface area contributed by atoms with Crippen LogP contribution in [-0.4, -0.2) is 16.2 Å². The number of hydrogen-bond donors (Lipinski definition) is 1. The molecule has 0 aliphatic carbocycles. The zero-order valence-electron chi connectivity index (χ0n) is 9.52. The number of aromatic nitrogens is 2. The van der Waals surface area contributed by atoms with Gasteiger partial charge in [0.05, 0.1) is 8.66 Å². The van der Waals surface area contributed by atoms with Gasteiger partial charge in [-0.25, -0.2) is 0 Å². The van der Waals surface area contributed by atoms with E-state index in [2.05, 4.69) is 33.0 Å². The Hall–Kier alpha value is -0.720. The molecule has 17 heavy (non-hydrogen) atoms. The van der Waals surface area contributed by atoms with Crippen LogP contribution in [-0.2, 0) is 6.42 Å². The Morgan fingerprint density at radius 1 is 1.53 bits per heavy atom. The maximum Gasteiger partial charge on any atom is 0.228 e. The SMILES string of the molecule is CCCC(N)Cc1nc(-c2ccc(Br)s2)no1. The molecular formula is C11H14BrN3OS. The average molecular weight is 316 g/mol. The molecule has 6 heteroatoms. The minimum Gasteiger partial charge on any atom is -0.339 e. The maximum atomic E-state index is 5.94. The van der Waals surface area contributed by atoms with Gasteiger partial charge in [-0.3, -0.25) is 0 Å². The number of nitrogens with zero attached hydrogens (tertiary/aromatic N) is 2. The fraction of sp³-hybridized carbons (Fsp3) is 0.455. The van der Waals surface area contributed by atoms with E-state index in [1.807, 2.05) is 12.1 Å². The van der Waals surface area contributed by atoms with Gasteiger partial charge < -0.3 is 10.3 Å². The highest BCUT2D eigenvalue weighted by Crippen LogP contribution is 2.29. The van der Waals surface area contributed by atoms with Crippen LogP contribution < -0.4 is 5.73 Å². The zero-order chi connectivity index (χ0) is 12.3. The molecule has 0 aromatic carbocycles. The van der Waals surface area contributed by atoms with Crippen LogP contribution in [0.15, 0.2) is 20.4 Å². The highest BCUT2D eigenvalue weighted by Gasteiger charge is 2.13. The molecule has 0 spiro atoms. The van der Waals surface area contributed by atoms with Crippen LogP contribution in [0.25, 0.3) is 10.7 Å². The van der Waals surface area contributed by atoms with Crippen LogP contribution in [0.1, 0.15) is 25.7 Å². The quantitative estimate of drug-likeness (QED) is 0.920. The molecule has 2 heterocycles. The van der Waals surface area contributed by atoms with Crippen molar-refractivity contribution in [2.75, 3.05) is 0 Å². The molecule has 2 aromatic heterocycles. The Morgan fingerprint density at radius 3 is 3.00 bits per heavy atom. The summed E-state index contributed by atoms with van der Waals surface area (Å²) in [5.41, 5.74) is 5.94. The second kappa shape index (κ2) is 5.75. The highest BCUT2D eigenvalue weighted by atomic mass is 79.9. The van der Waals surface area contributed by atoms with Gasteiger partial charge in [0, 0.05) is 12.5 Å². The molecule has 0 saturated carbocycles. The third-order valence-corrected chi connectivity index (χ3v) is 3.98. The van der Waals surface area contributed by atoms with E-state index in [0.29, 0.717) is 18.1 Å². The van der Waals surface area contributed by atoms with Gasteiger partial charge in [-0.05, 0) is 34.5 Å². The third-order valence-electron chi connectivity index (χ3n) is 2.36. The van der Waals surface area contributed by atoms with Crippen molar-refractivity contribution in [2.24, 2.45) is 5.73 Å². The molecule has 0 bridgehead atoms. The van der Waals surface area contributed by atoms with Crippen LogP contribution in [0.2, 0.25) is 0 Å². The van der Waals surface area contributed by atoms with E-state index < -0.39 is 0 Å². The second-order valence-corrected chi connectivity index (χ2v) is 6.33. The van der Waals surface area contributed by atoms with Crippen molar-refractivity contribution in [3.8, 4) is 10.7 Å². The van der Waals surface area contributed by atoms with E-state index >= 15 is 0 Å². The van der Waals surface area contributed by atoms with Crippen molar-refractivity contribution in [2.45, 2.75) is 32.2 Å². The van der Waals surface area contributed by atoms with Crippen molar-refractivity contribution >= 4 is 27.3 Å². The third kappa shape index (κ3) is 3.37. The summed E-state index contributed by atoms with van der Waals surface area (Å²) in [5, 5.41) is 3.96. The van der Waals surface area contributed by atoms with E-state index in [4.69, 9.17) is 10.3 Å². The van der Waals surface area contributed by atoms with Gasteiger partial charge >= 0.3 is 0 Å². The minimum absolute atomic E-state index is 0.100. The van der Waals surface area contributed by atoms with E-state index in [9.17, 15) is 0 Å². The lowest BCUT2D eigenvalue weighted by Gasteiger charge is -2.05. The number of nitrogens with two attached hydrogens (primary N) is 1. The Bertz CT molecular complexity index is 483. The predicted molar refractivity (Wildman–Crippen MR) is 71.9 cm³/mol. The number of halogens is 1. The predicted octanol–water partition coefficient (Wildman–Crippen LogP) is 3.23. The minimum atomic E-state index is 0.100. The summed E-state index contributed by atoms with van der Waals surface area (Å²) in [6.07, 6.45) is 2.69. The Balaban J connectivity index is 2.05. The molecule has 4 nitrogen and oxygen atoms in total. The van der Waals surface area contributed by atoms with Gasteiger partial charge in [0.1, 0.15) is 0 Å². The normalized spacial score (nSPS) is 12.9. The molecule has 0 fully saturated rings. The van der Waals surface area contributed by atoms with Crippen LogP contribution in [0, 0.1) is 0 Å². The molecule has 2 rings (SSSR count). The first kappa shape index (κ1) is 12.7. The Labute approximate surface area is 112 Å². The molecule has 1 atom stereocenters. The summed E-state index contributed by atoms with van der Waals surface area (Å²) in [7, 11) is 0. The number of rotatable bonds is 5. The van der Waals surface area contributed by atoms with E-state index in [-0.39, 0.29) is 6.04 Å². The molecule has 0 radical (unpaired) electrons. The van der Waals surface area contributed by atoms with Crippen molar-refractivity contribution in [1.82, 2.24) is 10.1 Å². The number of hydrogen-bond acceptors (Lipinski definition) is 5. The smallest absolute Gasteiger partial charge is 0.228 e. The summed E-state index contributed by atoms with van der Waals surface area (Å²) < 4.78 is 6.25. The van der Waals surface area contributed by atoms with Crippen molar-refractivity contribution in [3.63, 3.8) is 0 Å². The molecule has 0 saturated heterocycles. The van der Waals surface area contributed by atoms with E-state index in [1.165, 1.54) is 0 Å². The molecule has 2 aromatic rings. The largest absolute Gasteiger partial charge is 0.339 e. The first-order valence-electron chi connectivity index (χ1n) is 5.53. The summed E-state index contributed by atoms with van der Waals surface area (Å²) in [6.45, 7) is 2.11. The fourth-order valence-corrected chi connectivity index (χ4v) is 2.88. The zero-order valence-corrected chi connectivity index (χ0v) is 11.9. The van der Waals surface area contributed by atoms with Gasteiger partial charge in [0.25, 0.3) is 0 Å². The lowest BCUT2D eigenvalue weighted by Crippen LogP contribution is -2.22. The lowest BCUT2D eigenvalue weighted by molar-refractivity contribution is 0.366. The molecule has 0 aliphatic heterocycles. The van der Waals surface area contributed by atoms with Gasteiger partial charge in [-0.1, -0.05) is 18.5 Å². The molecule has 1 unspecified atom stereocenters. The maximum absolute atomic E-state index is 5.94. The molecular weight excluding hydrogens is 302 g/mol. The standard InChI is InChI=1S/C11H14BrN3OS/c1-2-3-7(13)6-10-14-11(15-16-10)8-4-5-9(12)17-8/h4-5,7H,2-3,6,13H2,1H3. The molecule has 2 N–H and O–H groups in total. The summed E-state index contributed by atoms with van der Waals surface area (Å²) in [4.78, 5) is 5.34. The Kier molecular flexibility index (Phi) is 4.31. The summed E-state index contributed by atoms with van der Waals surface area (Å²) >= 11 is 4.99. The van der Waals surface area contributed by atoms with E-state index in [0.717, 1.165) is 21.5 Å². The van der Waals surface area contributed by atoms with Gasteiger partial charge in [-0.2, -0.15) is 4.98 Å². The fourth-order valence-electron chi connectivity index (χ4n) is 1.57. The van der Waals surface area contributed by atoms with Crippen molar-refractivity contribution in [1.29, 1.82) is 0 Å². The lowest BCUT2D eigenvalue weighted by atomic mass is 10.1. The van der Waals surface area contributed by atoms with Gasteiger partial charge in [0.15, 0.2) is 0 Å².